The van der Waals surface area contributed by atoms with Gasteiger partial charge in [-0.2, -0.15) is 0 Å². The largest absolute Gasteiger partial charge is 0.329 e. The third-order valence-corrected chi connectivity index (χ3v) is 3.15. The van der Waals surface area contributed by atoms with E-state index in [0.29, 0.717) is 12.0 Å². The summed E-state index contributed by atoms with van der Waals surface area (Å²) >= 11 is 5.90. The van der Waals surface area contributed by atoms with E-state index in [2.05, 4.69) is 4.98 Å². The number of nitrogens with zero attached hydrogens (tertiary/aromatic N) is 1. The van der Waals surface area contributed by atoms with Crippen molar-refractivity contribution in [3.8, 4) is 0 Å². The minimum Gasteiger partial charge on any atom is -0.297 e. The monoisotopic (exact) mass is 258 g/mol. The van der Waals surface area contributed by atoms with Gasteiger partial charge in [0, 0.05) is 6.04 Å². The highest BCUT2D eigenvalue weighted by Gasteiger charge is 2.15. The topological polar surface area (TPSA) is 54.9 Å². The average molecular weight is 259 g/mol. The lowest BCUT2D eigenvalue weighted by Gasteiger charge is -2.14. The summed E-state index contributed by atoms with van der Waals surface area (Å²) < 4.78 is 1.28. The Morgan fingerprint density at radius 3 is 2.47 bits per heavy atom. The van der Waals surface area contributed by atoms with E-state index in [0.717, 1.165) is 19.3 Å². The molecule has 4 nitrogen and oxygen atoms in total. The highest BCUT2D eigenvalue weighted by molar-refractivity contribution is 6.30. The number of halogens is 1. The maximum atomic E-state index is 12.2. The fraction of sp³-hybridized carbons (Fsp3) is 0.667. The first-order valence-corrected chi connectivity index (χ1v) is 6.43. The van der Waals surface area contributed by atoms with Crippen molar-refractivity contribution in [3.05, 3.63) is 31.6 Å². The molecule has 0 aliphatic rings. The summed E-state index contributed by atoms with van der Waals surface area (Å²) in [5, 5.41) is 0.182. The highest BCUT2D eigenvalue weighted by Crippen LogP contribution is 2.12. The van der Waals surface area contributed by atoms with E-state index >= 15 is 0 Å². The number of nitrogens with one attached hydrogen (secondary N) is 1. The van der Waals surface area contributed by atoms with E-state index in [1.54, 1.807) is 0 Å². The Labute approximate surface area is 106 Å². The predicted molar refractivity (Wildman–Crippen MR) is 69.9 cm³/mol. The molecule has 1 aromatic heterocycles. The van der Waals surface area contributed by atoms with Crippen LogP contribution in [0, 0.1) is 0 Å². The highest BCUT2D eigenvalue weighted by atomic mass is 35.5. The van der Waals surface area contributed by atoms with Crippen LogP contribution in [0.5, 0.6) is 0 Å². The van der Waals surface area contributed by atoms with E-state index in [1.165, 1.54) is 4.57 Å². The van der Waals surface area contributed by atoms with Crippen LogP contribution in [0.25, 0.3) is 0 Å². The van der Waals surface area contributed by atoms with Crippen LogP contribution in [0.2, 0.25) is 5.15 Å². The van der Waals surface area contributed by atoms with Gasteiger partial charge in [-0.1, -0.05) is 38.3 Å². The zero-order valence-electron chi connectivity index (χ0n) is 10.5. The van der Waals surface area contributed by atoms with Gasteiger partial charge in [-0.3, -0.25) is 14.3 Å². The Hall–Kier alpha value is -1.03. The van der Waals surface area contributed by atoms with Gasteiger partial charge >= 0.3 is 5.69 Å². The molecule has 5 heteroatoms. The Morgan fingerprint density at radius 1 is 1.29 bits per heavy atom. The van der Waals surface area contributed by atoms with Crippen LogP contribution in [-0.2, 0) is 6.42 Å². The molecule has 1 N–H and O–H groups in total. The molecule has 1 rings (SSSR count). The van der Waals surface area contributed by atoms with Crippen molar-refractivity contribution in [2.45, 2.75) is 52.5 Å². The molecule has 17 heavy (non-hydrogen) atoms. The summed E-state index contributed by atoms with van der Waals surface area (Å²) in [4.78, 5) is 26.5. The molecule has 0 bridgehead atoms. The summed E-state index contributed by atoms with van der Waals surface area (Å²) in [5.41, 5.74) is -0.154. The molecule has 0 fully saturated rings. The fourth-order valence-corrected chi connectivity index (χ4v) is 2.23. The minimum atomic E-state index is -0.416. The van der Waals surface area contributed by atoms with Crippen LogP contribution < -0.4 is 11.2 Å². The van der Waals surface area contributed by atoms with Crippen molar-refractivity contribution < 1.29 is 0 Å². The molecule has 0 spiro atoms. The van der Waals surface area contributed by atoms with Gasteiger partial charge in [-0.25, -0.2) is 4.79 Å². The summed E-state index contributed by atoms with van der Waals surface area (Å²) in [7, 11) is 0. The van der Waals surface area contributed by atoms with Gasteiger partial charge in [-0.15, -0.1) is 0 Å². The lowest BCUT2D eigenvalue weighted by atomic mass is 10.1. The van der Waals surface area contributed by atoms with E-state index in [9.17, 15) is 9.59 Å². The number of H-pyrrole nitrogens is 1. The van der Waals surface area contributed by atoms with Crippen molar-refractivity contribution in [1.82, 2.24) is 9.55 Å². The number of aromatic nitrogens is 2. The molecule has 0 aliphatic carbocycles. The zero-order valence-corrected chi connectivity index (χ0v) is 11.3. The van der Waals surface area contributed by atoms with E-state index in [-0.39, 0.29) is 16.8 Å². The van der Waals surface area contributed by atoms with E-state index in [4.69, 9.17) is 11.6 Å². The predicted octanol–water partition coefficient (Wildman–Crippen LogP) is 2.50. The van der Waals surface area contributed by atoms with Crippen LogP contribution in [0.4, 0.5) is 0 Å². The van der Waals surface area contributed by atoms with Crippen molar-refractivity contribution >= 4 is 11.6 Å². The maximum absolute atomic E-state index is 12.2. The Balaban J connectivity index is 3.35. The van der Waals surface area contributed by atoms with Crippen molar-refractivity contribution in [2.75, 3.05) is 0 Å². The molecule has 0 aliphatic heterocycles. The molecule has 1 aromatic rings. The fourth-order valence-electron chi connectivity index (χ4n) is 1.97. The van der Waals surface area contributed by atoms with Crippen molar-refractivity contribution in [2.24, 2.45) is 0 Å². The van der Waals surface area contributed by atoms with Gasteiger partial charge in [-0.05, 0) is 19.8 Å². The smallest absolute Gasteiger partial charge is 0.297 e. The Morgan fingerprint density at radius 2 is 1.94 bits per heavy atom. The van der Waals surface area contributed by atoms with Crippen molar-refractivity contribution in [1.29, 1.82) is 0 Å². The SMILES string of the molecule is CCCc1c(Cl)[nH]c(=O)n(C(C)CCC)c1=O. The van der Waals surface area contributed by atoms with Crippen LogP contribution in [0.1, 0.15) is 51.6 Å². The molecular formula is C12H19ClN2O2. The van der Waals surface area contributed by atoms with Crippen LogP contribution >= 0.6 is 11.6 Å². The summed E-state index contributed by atoms with van der Waals surface area (Å²) in [6.07, 6.45) is 3.14. The number of rotatable bonds is 5. The third kappa shape index (κ3) is 3.00. The second kappa shape index (κ2) is 6.05. The van der Waals surface area contributed by atoms with Gasteiger partial charge in [0.25, 0.3) is 5.56 Å². The molecule has 0 amide bonds. The first-order valence-electron chi connectivity index (χ1n) is 6.06. The lowest BCUT2D eigenvalue weighted by molar-refractivity contribution is 0.462. The molecule has 96 valence electrons. The third-order valence-electron chi connectivity index (χ3n) is 2.82. The molecular weight excluding hydrogens is 240 g/mol. The average Bonchev–Trinajstić information content (AvgIpc) is 2.24. The Kier molecular flexibility index (Phi) is 5.00. The summed E-state index contributed by atoms with van der Waals surface area (Å²) in [6, 6.07) is -0.0934. The van der Waals surface area contributed by atoms with Gasteiger partial charge in [0.05, 0.1) is 5.56 Å². The molecule has 0 saturated heterocycles. The molecule has 0 aromatic carbocycles. The normalized spacial score (nSPS) is 12.7. The van der Waals surface area contributed by atoms with Gasteiger partial charge in [0.2, 0.25) is 0 Å². The van der Waals surface area contributed by atoms with Crippen molar-refractivity contribution in [3.63, 3.8) is 0 Å². The van der Waals surface area contributed by atoms with Crippen LogP contribution in [0.3, 0.4) is 0 Å². The Bertz CT molecular complexity index is 490. The second-order valence-electron chi connectivity index (χ2n) is 4.29. The van der Waals surface area contributed by atoms with Crippen LogP contribution in [0.15, 0.2) is 9.59 Å². The minimum absolute atomic E-state index is 0.0934. The first kappa shape index (κ1) is 14.0. The van der Waals surface area contributed by atoms with E-state index < -0.39 is 5.69 Å². The molecule has 1 atom stereocenters. The van der Waals surface area contributed by atoms with Gasteiger partial charge < -0.3 is 0 Å². The summed E-state index contributed by atoms with van der Waals surface area (Å²) in [5.74, 6) is 0. The lowest BCUT2D eigenvalue weighted by Crippen LogP contribution is -2.39. The van der Waals surface area contributed by atoms with Gasteiger partial charge in [0.15, 0.2) is 0 Å². The number of hydrogen-bond donors (Lipinski definition) is 1. The van der Waals surface area contributed by atoms with Gasteiger partial charge in [0.1, 0.15) is 5.15 Å². The first-order chi connectivity index (χ1) is 8.02. The molecule has 0 saturated carbocycles. The maximum Gasteiger partial charge on any atom is 0.329 e. The molecule has 1 unspecified atom stereocenters. The zero-order chi connectivity index (χ0) is 13.0. The number of aromatic amines is 1. The molecule has 0 radical (unpaired) electrons. The summed E-state index contributed by atoms with van der Waals surface area (Å²) in [6.45, 7) is 5.88. The quantitative estimate of drug-likeness (QED) is 0.825. The second-order valence-corrected chi connectivity index (χ2v) is 4.66. The van der Waals surface area contributed by atoms with Crippen LogP contribution in [-0.4, -0.2) is 9.55 Å². The van der Waals surface area contributed by atoms with E-state index in [1.807, 2.05) is 20.8 Å². The number of hydrogen-bond acceptors (Lipinski definition) is 2. The standard InChI is InChI=1S/C12H19ClN2O2/c1-4-6-8(3)15-11(16)9(7-5-2)10(13)14-12(15)17/h8H,4-7H2,1-3H3,(H,14,17). The molecule has 1 heterocycles.